The molecule has 1 atom stereocenters. The first-order valence-electron chi connectivity index (χ1n) is 8.32. The lowest BCUT2D eigenvalue weighted by Gasteiger charge is -2.15. The molecule has 0 radical (unpaired) electrons. The maximum atomic E-state index is 12.3. The molecule has 0 saturated heterocycles. The first kappa shape index (κ1) is 19.3. The smallest absolute Gasteiger partial charge is 0.265 e. The normalized spacial score (nSPS) is 11.4. The van der Waals surface area contributed by atoms with Crippen molar-refractivity contribution in [2.24, 2.45) is 0 Å². The average Bonchev–Trinajstić information content (AvgIpc) is 2.60. The lowest BCUT2D eigenvalue weighted by molar-refractivity contribution is -0.130. The average molecular weight is 356 g/mol. The predicted molar refractivity (Wildman–Crippen MR) is 101 cm³/mol. The molecule has 0 aliphatic heterocycles. The van der Waals surface area contributed by atoms with E-state index in [2.05, 4.69) is 5.32 Å². The summed E-state index contributed by atoms with van der Waals surface area (Å²) in [6.07, 6.45) is -0.634. The summed E-state index contributed by atoms with van der Waals surface area (Å²) in [5.74, 6) is 0.844. The monoisotopic (exact) mass is 356 g/mol. The number of nitrogens with one attached hydrogen (secondary N) is 1. The summed E-state index contributed by atoms with van der Waals surface area (Å²) in [7, 11) is 3.34. The van der Waals surface area contributed by atoms with Gasteiger partial charge >= 0.3 is 0 Å². The zero-order chi connectivity index (χ0) is 19.1. The van der Waals surface area contributed by atoms with E-state index in [1.807, 2.05) is 31.2 Å². The van der Waals surface area contributed by atoms with Gasteiger partial charge in [0.2, 0.25) is 0 Å². The third-order valence-corrected chi connectivity index (χ3v) is 3.65. The Morgan fingerprint density at radius 2 is 1.77 bits per heavy atom. The lowest BCUT2D eigenvalue weighted by Crippen LogP contribution is -2.30. The molecule has 1 unspecified atom stereocenters. The highest BCUT2D eigenvalue weighted by atomic mass is 16.5. The summed E-state index contributed by atoms with van der Waals surface area (Å²) < 4.78 is 11.1. The van der Waals surface area contributed by atoms with Crippen LogP contribution in [0.25, 0.3) is 0 Å². The molecule has 0 aromatic heterocycles. The van der Waals surface area contributed by atoms with Gasteiger partial charge in [-0.15, -0.1) is 0 Å². The lowest BCUT2D eigenvalue weighted by atomic mass is 10.2. The Hall–Kier alpha value is -3.02. The zero-order valence-electron chi connectivity index (χ0n) is 15.5. The Balaban J connectivity index is 1.87. The molecule has 0 aliphatic carbocycles. The highest BCUT2D eigenvalue weighted by Gasteiger charge is 2.15. The number of nitrogens with zero attached hydrogens (tertiary/aromatic N) is 1. The zero-order valence-corrected chi connectivity index (χ0v) is 15.5. The van der Waals surface area contributed by atoms with Crippen LogP contribution < -0.4 is 14.8 Å². The number of benzene rings is 2. The van der Waals surface area contributed by atoms with Crippen molar-refractivity contribution >= 4 is 17.5 Å². The van der Waals surface area contributed by atoms with E-state index in [-0.39, 0.29) is 18.4 Å². The summed E-state index contributed by atoms with van der Waals surface area (Å²) in [4.78, 5) is 25.2. The second kappa shape index (κ2) is 8.89. The number of rotatable bonds is 7. The van der Waals surface area contributed by atoms with Crippen LogP contribution in [0.2, 0.25) is 0 Å². The van der Waals surface area contributed by atoms with Crippen molar-refractivity contribution in [3.63, 3.8) is 0 Å². The van der Waals surface area contributed by atoms with Crippen LogP contribution >= 0.6 is 0 Å². The van der Waals surface area contributed by atoms with Crippen molar-refractivity contribution < 1.29 is 19.1 Å². The number of likely N-dealkylation sites (N-methyl/N-ethyl adjacent to an activating group) is 1. The van der Waals surface area contributed by atoms with E-state index in [9.17, 15) is 9.59 Å². The minimum atomic E-state index is -0.634. The molecule has 0 spiro atoms. The third kappa shape index (κ3) is 5.81. The molecule has 0 heterocycles. The van der Waals surface area contributed by atoms with Crippen LogP contribution in [0.4, 0.5) is 5.69 Å². The van der Waals surface area contributed by atoms with Gasteiger partial charge in [0, 0.05) is 19.8 Å². The van der Waals surface area contributed by atoms with E-state index < -0.39 is 6.10 Å². The molecular formula is C20H24N2O4. The standard InChI is InChI=1S/C20H24N2O4/c1-14-6-5-7-18(12-14)26-15(2)20(24)21-16-8-10-17(11-9-16)25-13-19(23)22(3)4/h5-12,15H,13H2,1-4H3,(H,21,24). The number of carbonyl (C=O) groups is 2. The van der Waals surface area contributed by atoms with Gasteiger partial charge in [-0.3, -0.25) is 9.59 Å². The number of hydrogen-bond acceptors (Lipinski definition) is 4. The van der Waals surface area contributed by atoms with Crippen molar-refractivity contribution in [3.05, 3.63) is 54.1 Å². The van der Waals surface area contributed by atoms with Gasteiger partial charge in [-0.1, -0.05) is 12.1 Å². The van der Waals surface area contributed by atoms with Crippen LogP contribution in [0.5, 0.6) is 11.5 Å². The van der Waals surface area contributed by atoms with Gasteiger partial charge in [-0.05, 0) is 55.8 Å². The van der Waals surface area contributed by atoms with Crippen LogP contribution in [0.3, 0.4) is 0 Å². The van der Waals surface area contributed by atoms with Crippen molar-refractivity contribution in [1.29, 1.82) is 0 Å². The molecule has 0 bridgehead atoms. The van der Waals surface area contributed by atoms with E-state index in [1.54, 1.807) is 45.3 Å². The van der Waals surface area contributed by atoms with Gasteiger partial charge in [0.15, 0.2) is 12.7 Å². The number of ether oxygens (including phenoxy) is 2. The van der Waals surface area contributed by atoms with Crippen molar-refractivity contribution in [2.75, 3.05) is 26.0 Å². The van der Waals surface area contributed by atoms with E-state index in [0.717, 1.165) is 5.56 Å². The van der Waals surface area contributed by atoms with Crippen molar-refractivity contribution in [2.45, 2.75) is 20.0 Å². The number of carbonyl (C=O) groups excluding carboxylic acids is 2. The fraction of sp³-hybridized carbons (Fsp3) is 0.300. The second-order valence-corrected chi connectivity index (χ2v) is 6.17. The molecule has 2 amide bonds. The predicted octanol–water partition coefficient (Wildman–Crippen LogP) is 2.87. The summed E-state index contributed by atoms with van der Waals surface area (Å²) in [5, 5.41) is 2.79. The molecule has 2 rings (SSSR count). The fourth-order valence-corrected chi connectivity index (χ4v) is 2.10. The Kier molecular flexibility index (Phi) is 6.60. The van der Waals surface area contributed by atoms with Crippen LogP contribution in [-0.2, 0) is 9.59 Å². The Morgan fingerprint density at radius 1 is 1.08 bits per heavy atom. The molecule has 6 nitrogen and oxygen atoms in total. The largest absolute Gasteiger partial charge is 0.484 e. The first-order chi connectivity index (χ1) is 12.3. The molecule has 0 fully saturated rings. The highest BCUT2D eigenvalue weighted by Crippen LogP contribution is 2.18. The van der Waals surface area contributed by atoms with Crippen LogP contribution in [-0.4, -0.2) is 43.5 Å². The molecular weight excluding hydrogens is 332 g/mol. The SMILES string of the molecule is Cc1cccc(OC(C)C(=O)Nc2ccc(OCC(=O)N(C)C)cc2)c1. The van der Waals surface area contributed by atoms with Crippen LogP contribution in [0, 0.1) is 6.92 Å². The number of amides is 2. The van der Waals surface area contributed by atoms with E-state index >= 15 is 0 Å². The Morgan fingerprint density at radius 3 is 2.38 bits per heavy atom. The molecule has 1 N–H and O–H groups in total. The number of hydrogen-bond donors (Lipinski definition) is 1. The van der Waals surface area contributed by atoms with Crippen LogP contribution in [0.15, 0.2) is 48.5 Å². The van der Waals surface area contributed by atoms with Crippen LogP contribution in [0.1, 0.15) is 12.5 Å². The first-order valence-corrected chi connectivity index (χ1v) is 8.32. The maximum absolute atomic E-state index is 12.3. The van der Waals surface area contributed by atoms with Crippen molar-refractivity contribution in [1.82, 2.24) is 4.90 Å². The summed E-state index contributed by atoms with van der Waals surface area (Å²) in [6.45, 7) is 3.63. The Labute approximate surface area is 153 Å². The van der Waals surface area contributed by atoms with Gasteiger partial charge in [-0.25, -0.2) is 0 Å². The molecule has 0 aliphatic rings. The second-order valence-electron chi connectivity index (χ2n) is 6.17. The van der Waals surface area contributed by atoms with Crippen molar-refractivity contribution in [3.8, 4) is 11.5 Å². The van der Waals surface area contributed by atoms with E-state index in [4.69, 9.17) is 9.47 Å². The molecule has 6 heteroatoms. The fourth-order valence-electron chi connectivity index (χ4n) is 2.10. The quantitative estimate of drug-likeness (QED) is 0.828. The maximum Gasteiger partial charge on any atom is 0.265 e. The molecule has 138 valence electrons. The van der Waals surface area contributed by atoms with Gasteiger partial charge in [-0.2, -0.15) is 0 Å². The molecule has 2 aromatic carbocycles. The van der Waals surface area contributed by atoms with Gasteiger partial charge in [0.25, 0.3) is 11.8 Å². The third-order valence-electron chi connectivity index (χ3n) is 3.65. The van der Waals surface area contributed by atoms with Gasteiger partial charge < -0.3 is 19.7 Å². The number of aryl methyl sites for hydroxylation is 1. The van der Waals surface area contributed by atoms with E-state index in [0.29, 0.717) is 17.2 Å². The highest BCUT2D eigenvalue weighted by molar-refractivity contribution is 5.94. The minimum Gasteiger partial charge on any atom is -0.484 e. The van der Waals surface area contributed by atoms with Gasteiger partial charge in [0.05, 0.1) is 0 Å². The number of anilines is 1. The van der Waals surface area contributed by atoms with E-state index in [1.165, 1.54) is 4.90 Å². The molecule has 0 saturated carbocycles. The van der Waals surface area contributed by atoms with Gasteiger partial charge in [0.1, 0.15) is 11.5 Å². The molecule has 26 heavy (non-hydrogen) atoms. The summed E-state index contributed by atoms with van der Waals surface area (Å²) in [5.41, 5.74) is 1.69. The summed E-state index contributed by atoms with van der Waals surface area (Å²) >= 11 is 0. The Bertz CT molecular complexity index is 757. The molecule has 2 aromatic rings. The minimum absolute atomic E-state index is 0.0277. The summed E-state index contributed by atoms with van der Waals surface area (Å²) in [6, 6.07) is 14.4. The topological polar surface area (TPSA) is 67.9 Å².